The van der Waals surface area contributed by atoms with Gasteiger partial charge in [0.25, 0.3) is 0 Å². The predicted molar refractivity (Wildman–Crippen MR) is 51.7 cm³/mol. The molecule has 44 valence electrons. The van der Waals surface area contributed by atoms with Crippen LogP contribution in [0.15, 0.2) is 0 Å². The van der Waals surface area contributed by atoms with Crippen molar-refractivity contribution in [2.24, 2.45) is 0 Å². The van der Waals surface area contributed by atoms with Gasteiger partial charge in [0.2, 0.25) is 0 Å². The van der Waals surface area contributed by atoms with Crippen molar-refractivity contribution in [3.63, 3.8) is 0 Å². The van der Waals surface area contributed by atoms with Crippen LogP contribution < -0.4 is 0 Å². The Morgan fingerprint density at radius 2 is 1.60 bits per heavy atom. The van der Waals surface area contributed by atoms with Crippen LogP contribution in [0.25, 0.3) is 0 Å². The van der Waals surface area contributed by atoms with E-state index < -0.39 is 0 Å². The number of fused-ring (bicyclic) bond motifs is 1. The van der Waals surface area contributed by atoms with Gasteiger partial charge in [0.1, 0.15) is 6.71 Å². The minimum absolute atomic E-state index is 0.843. The molecule has 4 radical (unpaired) electrons. The van der Waals surface area contributed by atoms with E-state index in [1.807, 2.05) is 0 Å². The summed E-state index contributed by atoms with van der Waals surface area (Å²) in [5, 5.41) is 0. The van der Waals surface area contributed by atoms with E-state index in [2.05, 4.69) is 29.1 Å². The van der Waals surface area contributed by atoms with E-state index in [4.69, 9.17) is 0 Å². The molecule has 0 unspecified atom stereocenters. The molecule has 0 aromatic rings. The highest BCUT2D eigenvalue weighted by atomic mass is 13.8. The lowest BCUT2D eigenvalue weighted by Crippen LogP contribution is -2.40. The topological polar surface area (TPSA) is 0 Å². The van der Waals surface area contributed by atoms with Gasteiger partial charge in [-0.3, -0.25) is 0 Å². The minimum Gasteiger partial charge on any atom is -0.118 e. The van der Waals surface area contributed by atoms with Crippen molar-refractivity contribution in [3.05, 3.63) is 0 Å². The summed E-state index contributed by atoms with van der Waals surface area (Å²) < 4.78 is 0. The fraction of sp³-hybridized carbons (Fsp3) is 1.00. The Kier molecular flexibility index (Phi) is 2.20. The molecule has 2 aliphatic rings. The predicted octanol–water partition coefficient (Wildman–Crippen LogP) is 0.277. The second kappa shape index (κ2) is 3.15. The Hall–Kier alpha value is 0.325. The molecule has 0 nitrogen and oxygen atoms in total. The van der Waals surface area contributed by atoms with Crippen LogP contribution in [0.1, 0.15) is 0 Å². The van der Waals surface area contributed by atoms with Crippen LogP contribution in [-0.4, -0.2) is 35.8 Å². The molecule has 0 saturated carbocycles. The van der Waals surface area contributed by atoms with Gasteiger partial charge < -0.3 is 0 Å². The van der Waals surface area contributed by atoms with E-state index in [9.17, 15) is 0 Å². The first-order chi connectivity index (χ1) is 4.97. The Balaban J connectivity index is 1.93. The molecular weight excluding hydrogens is 114 g/mol. The lowest BCUT2D eigenvalue weighted by Gasteiger charge is -2.31. The maximum Gasteiger partial charge on any atom is 0.111 e. The van der Waals surface area contributed by atoms with Gasteiger partial charge >= 0.3 is 0 Å². The van der Waals surface area contributed by atoms with Crippen LogP contribution >= 0.6 is 0 Å². The largest absolute Gasteiger partial charge is 0.118 e. The van der Waals surface area contributed by atoms with E-state index in [1.165, 1.54) is 24.9 Å². The minimum atomic E-state index is 0.843. The smallest absolute Gasteiger partial charge is 0.111 e. The van der Waals surface area contributed by atoms with Gasteiger partial charge in [0, 0.05) is 0 Å². The van der Waals surface area contributed by atoms with Crippen LogP contribution in [0.2, 0.25) is 30.5 Å². The maximum absolute atomic E-state index is 2.46. The van der Waals surface area contributed by atoms with Gasteiger partial charge in [-0.2, -0.15) is 0 Å². The zero-order chi connectivity index (χ0) is 6.81. The van der Waals surface area contributed by atoms with Crippen molar-refractivity contribution >= 4 is 35.8 Å². The average Bonchev–Trinajstić information content (AvgIpc) is 2.05. The van der Waals surface area contributed by atoms with Gasteiger partial charge in [-0.25, -0.2) is 0 Å². The van der Waals surface area contributed by atoms with Crippen molar-refractivity contribution < 1.29 is 0 Å². The summed E-state index contributed by atoms with van der Waals surface area (Å²) in [4.78, 5) is 0. The Labute approximate surface area is 67.0 Å². The summed E-state index contributed by atoms with van der Waals surface area (Å²) in [5.74, 6) is 0. The fourth-order valence-electron chi connectivity index (χ4n) is 2.02. The van der Waals surface area contributed by atoms with Gasteiger partial charge in [0.05, 0.1) is 29.1 Å². The Bertz CT molecular complexity index is 90.6. The average molecular weight is 123 g/mol. The van der Waals surface area contributed by atoms with E-state index in [-0.39, 0.29) is 0 Å². The van der Waals surface area contributed by atoms with E-state index in [0.717, 1.165) is 12.3 Å². The third-order valence-corrected chi connectivity index (χ3v) is 2.63. The van der Waals surface area contributed by atoms with Crippen molar-refractivity contribution in [1.29, 1.82) is 0 Å². The number of rotatable bonds is 0. The highest BCUT2D eigenvalue weighted by Crippen LogP contribution is 2.24. The Morgan fingerprint density at radius 3 is 2.10 bits per heavy atom. The van der Waals surface area contributed by atoms with E-state index in [1.54, 1.807) is 0 Å². The molecule has 5 heteroatoms. The molecule has 2 aliphatic heterocycles. The van der Waals surface area contributed by atoms with Crippen LogP contribution in [-0.2, 0) is 0 Å². The van der Waals surface area contributed by atoms with Crippen molar-refractivity contribution in [2.45, 2.75) is 30.5 Å². The molecule has 0 spiro atoms. The second-order valence-electron chi connectivity index (χ2n) is 3.33. The summed E-state index contributed by atoms with van der Waals surface area (Å²) in [6.07, 6.45) is 5.15. The van der Waals surface area contributed by atoms with Gasteiger partial charge in [-0.1, -0.05) is 0 Å². The van der Waals surface area contributed by atoms with Crippen LogP contribution in [0, 0.1) is 0 Å². The van der Waals surface area contributed by atoms with Gasteiger partial charge in [-0.15, -0.1) is 30.5 Å². The number of hydrogen-bond acceptors (Lipinski definition) is 0. The van der Waals surface area contributed by atoms with Gasteiger partial charge in [-0.05, 0) is 0 Å². The molecule has 2 fully saturated rings. The highest BCUT2D eigenvalue weighted by Gasteiger charge is 2.31. The molecule has 2 saturated heterocycles. The summed E-state index contributed by atoms with van der Waals surface area (Å²) in [6, 6.07) is 0. The van der Waals surface area contributed by atoms with Crippen molar-refractivity contribution in [2.75, 3.05) is 0 Å². The molecule has 0 bridgehead atoms. The normalized spacial score (nSPS) is 25.0. The SMILES string of the molecule is [B]1C[B]C2[B]C[B]CB2C1. The Morgan fingerprint density at radius 1 is 1.00 bits per heavy atom. The summed E-state index contributed by atoms with van der Waals surface area (Å²) in [7, 11) is 9.74. The zero-order valence-electron chi connectivity index (χ0n) is 6.29. The van der Waals surface area contributed by atoms with E-state index in [0.29, 0.717) is 0 Å². The van der Waals surface area contributed by atoms with Crippen LogP contribution in [0.4, 0.5) is 0 Å². The quantitative estimate of drug-likeness (QED) is 0.406. The van der Waals surface area contributed by atoms with Crippen molar-refractivity contribution in [3.8, 4) is 0 Å². The summed E-state index contributed by atoms with van der Waals surface area (Å²) >= 11 is 0. The summed E-state index contributed by atoms with van der Waals surface area (Å²) in [6.45, 7) is 0.933. The van der Waals surface area contributed by atoms with Crippen molar-refractivity contribution in [1.82, 2.24) is 0 Å². The third-order valence-electron chi connectivity index (χ3n) is 2.63. The molecule has 0 amide bonds. The molecule has 10 heavy (non-hydrogen) atoms. The molecule has 2 rings (SSSR count). The molecular formula is C5H9B5. The molecule has 0 aromatic heterocycles. The molecule has 2 heterocycles. The number of hydrogen-bond donors (Lipinski definition) is 0. The fourth-order valence-corrected chi connectivity index (χ4v) is 2.02. The van der Waals surface area contributed by atoms with Crippen LogP contribution in [0.3, 0.4) is 0 Å². The second-order valence-corrected chi connectivity index (χ2v) is 3.33. The first-order valence-corrected chi connectivity index (χ1v) is 4.27. The standard InChI is InChI=1S/C5H9B5/c1-6-3-10-4-7-2-9-5(10)8-1/h5H,1-4H2. The highest BCUT2D eigenvalue weighted by molar-refractivity contribution is 6.99. The van der Waals surface area contributed by atoms with E-state index >= 15 is 0 Å². The molecule has 0 aliphatic carbocycles. The molecule has 0 N–H and O–H groups in total. The van der Waals surface area contributed by atoms with Gasteiger partial charge in [0.15, 0.2) is 0 Å². The third kappa shape index (κ3) is 1.33. The first kappa shape index (κ1) is 7.00. The molecule has 0 aromatic carbocycles. The monoisotopic (exact) mass is 124 g/mol. The summed E-state index contributed by atoms with van der Waals surface area (Å²) in [5.41, 5.74) is 0.843. The van der Waals surface area contributed by atoms with Crippen LogP contribution in [0.5, 0.6) is 0 Å². The maximum atomic E-state index is 2.46. The molecule has 0 atom stereocenters. The lowest BCUT2D eigenvalue weighted by atomic mass is 9.03. The lowest BCUT2D eigenvalue weighted by molar-refractivity contribution is 1.46. The zero-order valence-corrected chi connectivity index (χ0v) is 6.29. The first-order valence-electron chi connectivity index (χ1n) is 4.27.